The van der Waals surface area contributed by atoms with Crippen molar-refractivity contribution >= 4 is 33.8 Å². The van der Waals surface area contributed by atoms with Gasteiger partial charge in [-0.2, -0.15) is 0 Å². The molecule has 2 aliphatic rings. The molecule has 1 N–H and O–H groups in total. The lowest BCUT2D eigenvalue weighted by atomic mass is 9.68. The lowest BCUT2D eigenvalue weighted by molar-refractivity contribution is -0.138. The number of hydrogen-bond acceptors (Lipinski definition) is 3. The van der Waals surface area contributed by atoms with Crippen LogP contribution in [0.4, 0.5) is 0 Å². The Morgan fingerprint density at radius 3 is 2.45 bits per heavy atom. The van der Waals surface area contributed by atoms with E-state index in [-0.39, 0.29) is 23.3 Å². The molecule has 4 heteroatoms. The quantitative estimate of drug-likeness (QED) is 0.555. The second-order valence-electron chi connectivity index (χ2n) is 9.85. The first-order valence-electron chi connectivity index (χ1n) is 11.5. The predicted molar refractivity (Wildman–Crippen MR) is 132 cm³/mol. The molecule has 33 heavy (non-hydrogen) atoms. The van der Waals surface area contributed by atoms with Gasteiger partial charge in [0.05, 0.1) is 0 Å². The van der Waals surface area contributed by atoms with Crippen molar-refractivity contribution in [1.29, 1.82) is 0 Å². The van der Waals surface area contributed by atoms with Gasteiger partial charge in [-0.25, -0.2) is 4.79 Å². The molecule has 0 fully saturated rings. The van der Waals surface area contributed by atoms with Crippen LogP contribution in [0.25, 0.3) is 16.3 Å². The van der Waals surface area contributed by atoms with E-state index in [4.69, 9.17) is 0 Å². The van der Waals surface area contributed by atoms with E-state index in [1.165, 1.54) is 0 Å². The van der Waals surface area contributed by atoms with Gasteiger partial charge in [-0.15, -0.1) is 0 Å². The standard InChI is InChI=1S/C29H27NO3/c1-29(2)15-14-23-24(17-29)21-12-5-6-13-22(21)26(27(23)31)30-25(28(32)33)16-19-10-7-9-18-8-3-4-11-20(18)19/h3-13,25H,14-17H2,1-2H3,(H,32,33)/t25-/m0/s1. The molecule has 0 saturated carbocycles. The number of nitrogens with zero attached hydrogens (tertiary/aromatic N) is 1. The van der Waals surface area contributed by atoms with Crippen LogP contribution in [0.1, 0.15) is 49.8 Å². The fraction of sp³-hybridized carbons (Fsp3) is 0.276. The average molecular weight is 438 g/mol. The van der Waals surface area contributed by atoms with Crippen molar-refractivity contribution < 1.29 is 14.7 Å². The Hall–Kier alpha value is -3.53. The van der Waals surface area contributed by atoms with Crippen LogP contribution >= 0.6 is 0 Å². The molecule has 0 heterocycles. The lowest BCUT2D eigenvalue weighted by Crippen LogP contribution is -2.32. The van der Waals surface area contributed by atoms with Crippen molar-refractivity contribution in [3.63, 3.8) is 0 Å². The third-order valence-electron chi connectivity index (χ3n) is 6.93. The van der Waals surface area contributed by atoms with Crippen LogP contribution < -0.4 is 0 Å². The van der Waals surface area contributed by atoms with E-state index in [0.717, 1.165) is 51.5 Å². The van der Waals surface area contributed by atoms with E-state index < -0.39 is 12.0 Å². The molecule has 0 unspecified atom stereocenters. The van der Waals surface area contributed by atoms with E-state index in [1.54, 1.807) is 0 Å². The Bertz CT molecular complexity index is 1340. The summed E-state index contributed by atoms with van der Waals surface area (Å²) in [5, 5.41) is 12.1. The van der Waals surface area contributed by atoms with Crippen LogP contribution in [-0.2, 0) is 16.0 Å². The molecule has 5 rings (SSSR count). The summed E-state index contributed by atoms with van der Waals surface area (Å²) in [5.74, 6) is -1.13. The number of fused-ring (bicyclic) bond motifs is 3. The Kier molecular flexibility index (Phi) is 5.24. The van der Waals surface area contributed by atoms with Crippen LogP contribution in [-0.4, -0.2) is 28.6 Å². The van der Waals surface area contributed by atoms with Crippen molar-refractivity contribution in [1.82, 2.24) is 0 Å². The normalized spacial score (nSPS) is 19.3. The molecule has 4 nitrogen and oxygen atoms in total. The minimum Gasteiger partial charge on any atom is -0.480 e. The lowest BCUT2D eigenvalue weighted by Gasteiger charge is -2.36. The second-order valence-corrected chi connectivity index (χ2v) is 9.85. The first-order chi connectivity index (χ1) is 15.8. The van der Waals surface area contributed by atoms with Gasteiger partial charge in [0.25, 0.3) is 0 Å². The fourth-order valence-corrected chi connectivity index (χ4v) is 5.17. The molecule has 0 amide bonds. The number of Topliss-reactive ketones (excluding diaryl/α,β-unsaturated/α-hetero) is 1. The van der Waals surface area contributed by atoms with E-state index in [9.17, 15) is 14.7 Å². The smallest absolute Gasteiger partial charge is 0.328 e. The number of benzene rings is 3. The van der Waals surface area contributed by atoms with Gasteiger partial charge in [0.2, 0.25) is 5.78 Å². The molecule has 2 aliphatic carbocycles. The van der Waals surface area contributed by atoms with Crippen LogP contribution in [0.2, 0.25) is 0 Å². The molecule has 0 spiro atoms. The summed E-state index contributed by atoms with van der Waals surface area (Å²) in [7, 11) is 0. The Morgan fingerprint density at radius 2 is 1.67 bits per heavy atom. The predicted octanol–water partition coefficient (Wildman–Crippen LogP) is 5.87. The third kappa shape index (κ3) is 3.91. The minimum absolute atomic E-state index is 0.108. The molecule has 0 aliphatic heterocycles. The molecule has 166 valence electrons. The van der Waals surface area contributed by atoms with E-state index in [2.05, 4.69) is 18.8 Å². The highest BCUT2D eigenvalue weighted by atomic mass is 16.4. The van der Waals surface area contributed by atoms with Gasteiger partial charge in [-0.1, -0.05) is 80.6 Å². The molecular formula is C29H27NO3. The van der Waals surface area contributed by atoms with E-state index >= 15 is 0 Å². The molecule has 0 radical (unpaired) electrons. The minimum atomic E-state index is -1.04. The highest BCUT2D eigenvalue weighted by molar-refractivity contribution is 6.54. The van der Waals surface area contributed by atoms with Crippen molar-refractivity contribution in [2.75, 3.05) is 0 Å². The summed E-state index contributed by atoms with van der Waals surface area (Å²) in [6.07, 6.45) is 2.71. The zero-order valence-corrected chi connectivity index (χ0v) is 19.0. The molecule has 3 aromatic rings. The second kappa shape index (κ2) is 8.11. The maximum Gasteiger partial charge on any atom is 0.328 e. The molecule has 0 saturated heterocycles. The Labute approximate surface area is 193 Å². The number of hydrogen-bond donors (Lipinski definition) is 1. The molecule has 1 atom stereocenters. The summed E-state index contributed by atoms with van der Waals surface area (Å²) < 4.78 is 0. The third-order valence-corrected chi connectivity index (χ3v) is 6.93. The molecule has 3 aromatic carbocycles. The van der Waals surface area contributed by atoms with Gasteiger partial charge >= 0.3 is 5.97 Å². The number of carbonyl (C=O) groups is 2. The van der Waals surface area contributed by atoms with E-state index in [0.29, 0.717) is 6.42 Å². The van der Waals surface area contributed by atoms with Gasteiger partial charge < -0.3 is 5.11 Å². The van der Waals surface area contributed by atoms with Crippen LogP contribution in [0, 0.1) is 5.41 Å². The molecule has 0 bridgehead atoms. The zero-order valence-electron chi connectivity index (χ0n) is 19.0. The number of ketones is 1. The maximum absolute atomic E-state index is 13.6. The molecule has 0 aromatic heterocycles. The number of aliphatic carboxylic acids is 1. The topological polar surface area (TPSA) is 66.7 Å². The van der Waals surface area contributed by atoms with Crippen LogP contribution in [0.5, 0.6) is 0 Å². The van der Waals surface area contributed by atoms with Gasteiger partial charge in [0.1, 0.15) is 5.71 Å². The number of carboxylic acids is 1. The SMILES string of the molecule is CC1(C)CCC2=C(C1)c1ccccc1C(=N[C@@H](Cc1cccc3ccccc13)C(=O)O)C2=O. The fourth-order valence-electron chi connectivity index (χ4n) is 5.17. The number of carbonyl (C=O) groups excluding carboxylic acids is 1. The van der Waals surface area contributed by atoms with Gasteiger partial charge in [0, 0.05) is 17.6 Å². The Balaban J connectivity index is 1.59. The largest absolute Gasteiger partial charge is 0.480 e. The highest BCUT2D eigenvalue weighted by Gasteiger charge is 2.37. The summed E-state index contributed by atoms with van der Waals surface area (Å²) >= 11 is 0. The number of aliphatic imine (C=N–C) groups is 1. The van der Waals surface area contributed by atoms with Gasteiger partial charge in [-0.05, 0) is 52.1 Å². The van der Waals surface area contributed by atoms with Crippen molar-refractivity contribution in [3.8, 4) is 0 Å². The van der Waals surface area contributed by atoms with Crippen molar-refractivity contribution in [2.24, 2.45) is 10.4 Å². The summed E-state index contributed by atoms with van der Waals surface area (Å²) in [6.45, 7) is 4.47. The van der Waals surface area contributed by atoms with Gasteiger partial charge in [0.15, 0.2) is 6.04 Å². The van der Waals surface area contributed by atoms with E-state index in [1.807, 2.05) is 66.7 Å². The number of rotatable bonds is 4. The zero-order chi connectivity index (χ0) is 23.2. The summed E-state index contributed by atoms with van der Waals surface area (Å²) in [4.78, 5) is 30.5. The monoisotopic (exact) mass is 437 g/mol. The summed E-state index contributed by atoms with van der Waals surface area (Å²) in [6, 6.07) is 20.6. The summed E-state index contributed by atoms with van der Waals surface area (Å²) in [5.41, 5.74) is 5.03. The average Bonchev–Trinajstić information content (AvgIpc) is 2.80. The van der Waals surface area contributed by atoms with Gasteiger partial charge in [-0.3, -0.25) is 9.79 Å². The van der Waals surface area contributed by atoms with Crippen LogP contribution in [0.15, 0.2) is 77.3 Å². The van der Waals surface area contributed by atoms with Crippen LogP contribution in [0.3, 0.4) is 0 Å². The number of carboxylic acid groups (broad SMARTS) is 1. The Morgan fingerprint density at radius 1 is 0.970 bits per heavy atom. The highest BCUT2D eigenvalue weighted by Crippen LogP contribution is 2.46. The first-order valence-corrected chi connectivity index (χ1v) is 11.5. The number of allylic oxidation sites excluding steroid dienone is 2. The van der Waals surface area contributed by atoms with Crippen molar-refractivity contribution in [3.05, 3.63) is 89.0 Å². The maximum atomic E-state index is 13.6. The van der Waals surface area contributed by atoms with Crippen molar-refractivity contribution in [2.45, 2.75) is 45.6 Å². The molecular weight excluding hydrogens is 410 g/mol. The first kappa shape index (κ1) is 21.3.